The van der Waals surface area contributed by atoms with Crippen molar-refractivity contribution in [2.75, 3.05) is 0 Å². The van der Waals surface area contributed by atoms with Crippen LogP contribution in [0.1, 0.15) is 13.8 Å². The van der Waals surface area contributed by atoms with Gasteiger partial charge in [-0.3, -0.25) is 4.79 Å². The van der Waals surface area contributed by atoms with Crippen LogP contribution < -0.4 is 5.56 Å². The summed E-state index contributed by atoms with van der Waals surface area (Å²) in [5.74, 6) is 0. The van der Waals surface area contributed by atoms with Crippen molar-refractivity contribution in [1.29, 1.82) is 0 Å². The molecule has 0 spiro atoms. The maximum Gasteiger partial charge on any atom is 0.276 e. The van der Waals surface area contributed by atoms with Gasteiger partial charge in [0.25, 0.3) is 5.56 Å². The molecule has 2 rings (SSSR count). The second-order valence-corrected chi connectivity index (χ2v) is 2.38. The Morgan fingerprint density at radius 3 is 2.69 bits per heavy atom. The topological polar surface area (TPSA) is 39.3 Å². The highest BCUT2D eigenvalue weighted by Gasteiger charge is 1.97. The number of nitrogens with zero attached hydrogens (tertiary/aromatic N) is 3. The van der Waals surface area contributed by atoms with Crippen LogP contribution >= 0.6 is 0 Å². The SMILES string of the molecule is CC.Cn1ccn2nccc2c1=O. The highest BCUT2D eigenvalue weighted by atomic mass is 16.1. The summed E-state index contributed by atoms with van der Waals surface area (Å²) in [4.78, 5) is 11.3. The molecule has 0 aromatic carbocycles. The van der Waals surface area contributed by atoms with Gasteiger partial charge in [-0.1, -0.05) is 13.8 Å². The normalized spacial score (nSPS) is 9.46. The van der Waals surface area contributed by atoms with Crippen LogP contribution in [0.3, 0.4) is 0 Å². The van der Waals surface area contributed by atoms with Crippen LogP contribution in [0, 0.1) is 0 Å². The minimum atomic E-state index is -0.0231. The lowest BCUT2D eigenvalue weighted by Crippen LogP contribution is -2.17. The molecule has 0 aliphatic heterocycles. The Morgan fingerprint density at radius 1 is 1.31 bits per heavy atom. The zero-order valence-electron chi connectivity index (χ0n) is 8.06. The largest absolute Gasteiger partial charge is 0.315 e. The molecule has 0 unspecified atom stereocenters. The summed E-state index contributed by atoms with van der Waals surface area (Å²) in [6.07, 6.45) is 5.04. The van der Waals surface area contributed by atoms with E-state index in [1.807, 2.05) is 13.8 Å². The molecule has 0 atom stereocenters. The fourth-order valence-electron chi connectivity index (χ4n) is 1.01. The molecule has 0 aliphatic carbocycles. The van der Waals surface area contributed by atoms with Crippen molar-refractivity contribution < 1.29 is 0 Å². The predicted molar refractivity (Wildman–Crippen MR) is 51.8 cm³/mol. The van der Waals surface area contributed by atoms with Gasteiger partial charge in [0, 0.05) is 19.4 Å². The fourth-order valence-corrected chi connectivity index (χ4v) is 1.01. The van der Waals surface area contributed by atoms with Crippen molar-refractivity contribution in [2.24, 2.45) is 7.05 Å². The minimum absolute atomic E-state index is 0.0231. The second-order valence-electron chi connectivity index (χ2n) is 2.38. The van der Waals surface area contributed by atoms with E-state index in [4.69, 9.17) is 0 Å². The molecule has 0 radical (unpaired) electrons. The van der Waals surface area contributed by atoms with Gasteiger partial charge in [-0.2, -0.15) is 5.10 Å². The van der Waals surface area contributed by atoms with Gasteiger partial charge in [-0.05, 0) is 6.07 Å². The monoisotopic (exact) mass is 179 g/mol. The molecule has 0 N–H and O–H groups in total. The van der Waals surface area contributed by atoms with E-state index in [1.165, 1.54) is 4.57 Å². The zero-order chi connectivity index (χ0) is 9.84. The minimum Gasteiger partial charge on any atom is -0.315 e. The van der Waals surface area contributed by atoms with Crippen molar-refractivity contribution in [3.05, 3.63) is 35.0 Å². The maximum absolute atomic E-state index is 11.3. The number of hydrogen-bond donors (Lipinski definition) is 0. The first-order valence-electron chi connectivity index (χ1n) is 4.28. The van der Waals surface area contributed by atoms with Crippen LogP contribution in [0.15, 0.2) is 29.5 Å². The summed E-state index contributed by atoms with van der Waals surface area (Å²) in [7, 11) is 1.72. The quantitative estimate of drug-likeness (QED) is 0.606. The molecule has 0 saturated heterocycles. The van der Waals surface area contributed by atoms with E-state index in [-0.39, 0.29) is 5.56 Å². The van der Waals surface area contributed by atoms with Gasteiger partial charge in [0.1, 0.15) is 5.52 Å². The van der Waals surface area contributed by atoms with E-state index in [9.17, 15) is 4.79 Å². The van der Waals surface area contributed by atoms with Gasteiger partial charge >= 0.3 is 0 Å². The van der Waals surface area contributed by atoms with E-state index in [2.05, 4.69) is 5.10 Å². The van der Waals surface area contributed by atoms with Gasteiger partial charge < -0.3 is 4.57 Å². The molecule has 0 aliphatic rings. The number of aromatic nitrogens is 3. The third kappa shape index (κ3) is 1.61. The third-order valence-electron chi connectivity index (χ3n) is 1.64. The van der Waals surface area contributed by atoms with E-state index in [1.54, 1.807) is 36.2 Å². The predicted octanol–water partition coefficient (Wildman–Crippen LogP) is 1.06. The Balaban J connectivity index is 0.000000396. The summed E-state index contributed by atoms with van der Waals surface area (Å²) in [5, 5.41) is 3.92. The van der Waals surface area contributed by atoms with Crippen LogP contribution in [0.2, 0.25) is 0 Å². The molecule has 0 fully saturated rings. The second kappa shape index (κ2) is 3.89. The Labute approximate surface area is 76.4 Å². The third-order valence-corrected chi connectivity index (χ3v) is 1.64. The van der Waals surface area contributed by atoms with Crippen molar-refractivity contribution in [3.63, 3.8) is 0 Å². The number of aryl methyl sites for hydroxylation is 1. The van der Waals surface area contributed by atoms with E-state index >= 15 is 0 Å². The summed E-state index contributed by atoms with van der Waals surface area (Å²) in [6, 6.07) is 1.70. The molecule has 2 aromatic rings. The molecule has 70 valence electrons. The van der Waals surface area contributed by atoms with Crippen molar-refractivity contribution >= 4 is 5.52 Å². The summed E-state index contributed by atoms with van der Waals surface area (Å²) < 4.78 is 3.08. The highest BCUT2D eigenvalue weighted by molar-refractivity contribution is 5.42. The molecule has 4 nitrogen and oxygen atoms in total. The van der Waals surface area contributed by atoms with Crippen LogP contribution in [0.25, 0.3) is 5.52 Å². The van der Waals surface area contributed by atoms with Crippen molar-refractivity contribution in [1.82, 2.24) is 14.2 Å². The van der Waals surface area contributed by atoms with Gasteiger partial charge in [0.05, 0.1) is 6.20 Å². The Bertz CT molecular complexity index is 441. The molecule has 0 saturated carbocycles. The van der Waals surface area contributed by atoms with Crippen molar-refractivity contribution in [2.45, 2.75) is 13.8 Å². The van der Waals surface area contributed by atoms with Gasteiger partial charge in [0.2, 0.25) is 0 Å². The molecule has 13 heavy (non-hydrogen) atoms. The molecule has 0 bridgehead atoms. The molecular weight excluding hydrogens is 166 g/mol. The highest BCUT2D eigenvalue weighted by Crippen LogP contribution is 1.91. The average Bonchev–Trinajstić information content (AvgIpc) is 2.63. The first kappa shape index (κ1) is 9.51. The lowest BCUT2D eigenvalue weighted by atomic mass is 10.5. The first-order valence-corrected chi connectivity index (χ1v) is 4.28. The Hall–Kier alpha value is -1.58. The molecular formula is C9H13N3O. The van der Waals surface area contributed by atoms with Crippen LogP contribution in [0.4, 0.5) is 0 Å². The lowest BCUT2D eigenvalue weighted by Gasteiger charge is -1.95. The van der Waals surface area contributed by atoms with Gasteiger partial charge in [-0.15, -0.1) is 0 Å². The lowest BCUT2D eigenvalue weighted by molar-refractivity contribution is 0.820. The van der Waals surface area contributed by atoms with E-state index in [0.29, 0.717) is 5.52 Å². The van der Waals surface area contributed by atoms with Crippen LogP contribution in [0.5, 0.6) is 0 Å². The van der Waals surface area contributed by atoms with Crippen molar-refractivity contribution in [3.8, 4) is 0 Å². The zero-order valence-corrected chi connectivity index (χ0v) is 8.06. The standard InChI is InChI=1S/C7H7N3O.C2H6/c1-9-4-5-10-6(7(9)11)2-3-8-10;1-2/h2-5H,1H3;1-2H3. The van der Waals surface area contributed by atoms with Crippen LogP contribution in [-0.4, -0.2) is 14.2 Å². The Kier molecular flexibility index (Phi) is 2.84. The molecule has 2 aromatic heterocycles. The smallest absolute Gasteiger partial charge is 0.276 e. The summed E-state index contributed by atoms with van der Waals surface area (Å²) >= 11 is 0. The Morgan fingerprint density at radius 2 is 2.00 bits per heavy atom. The number of rotatable bonds is 0. The van der Waals surface area contributed by atoms with E-state index < -0.39 is 0 Å². The van der Waals surface area contributed by atoms with Gasteiger partial charge in [0.15, 0.2) is 0 Å². The average molecular weight is 179 g/mol. The molecule has 4 heteroatoms. The summed E-state index contributed by atoms with van der Waals surface area (Å²) in [5.41, 5.74) is 0.583. The van der Waals surface area contributed by atoms with Gasteiger partial charge in [-0.25, -0.2) is 4.52 Å². The maximum atomic E-state index is 11.3. The number of fused-ring (bicyclic) bond motifs is 1. The first-order chi connectivity index (χ1) is 6.29. The fraction of sp³-hybridized carbons (Fsp3) is 0.333. The van der Waals surface area contributed by atoms with Crippen LogP contribution in [-0.2, 0) is 7.05 Å². The molecule has 2 heterocycles. The number of hydrogen-bond acceptors (Lipinski definition) is 2. The van der Waals surface area contributed by atoms with E-state index in [0.717, 1.165) is 0 Å². The molecule has 0 amide bonds. The summed E-state index contributed by atoms with van der Waals surface area (Å²) in [6.45, 7) is 4.00.